The molecule has 1 aromatic heterocycles. The van der Waals surface area contributed by atoms with E-state index in [2.05, 4.69) is 30.9 Å². The molecule has 1 heterocycles. The Bertz CT molecular complexity index is 1310. The third kappa shape index (κ3) is 6.03. The van der Waals surface area contributed by atoms with Gasteiger partial charge in [0.25, 0.3) is 0 Å². The van der Waals surface area contributed by atoms with Crippen molar-refractivity contribution < 1.29 is 27.2 Å². The van der Waals surface area contributed by atoms with Crippen molar-refractivity contribution in [3.05, 3.63) is 53.9 Å². The van der Waals surface area contributed by atoms with Gasteiger partial charge in [-0.15, -0.1) is 0 Å². The fourth-order valence-electron chi connectivity index (χ4n) is 3.40. The van der Waals surface area contributed by atoms with E-state index in [1.807, 2.05) is 24.3 Å². The van der Waals surface area contributed by atoms with Crippen LogP contribution in [0.4, 0.5) is 0 Å². The first kappa shape index (κ1) is 27.2. The molecule has 11 heteroatoms. The molecule has 0 aliphatic heterocycles. The summed E-state index contributed by atoms with van der Waals surface area (Å²) in [5.41, 5.74) is 2.02. The molecular formula is C25H32N4O6S. The van der Waals surface area contributed by atoms with Crippen LogP contribution >= 0.6 is 0 Å². The zero-order valence-electron chi connectivity index (χ0n) is 21.6. The Hall–Kier alpha value is -3.44. The summed E-state index contributed by atoms with van der Waals surface area (Å²) < 4.78 is 42.6. The number of methoxy groups -OCH3 is 2. The Kier molecular flexibility index (Phi) is 8.05. The van der Waals surface area contributed by atoms with Crippen LogP contribution in [0.3, 0.4) is 0 Å². The fourth-order valence-corrected chi connectivity index (χ4v) is 4.54. The van der Waals surface area contributed by atoms with Gasteiger partial charge in [0.05, 0.1) is 32.2 Å². The van der Waals surface area contributed by atoms with E-state index in [1.165, 1.54) is 49.9 Å². The number of nitrogens with zero attached hydrogens (tertiary/aromatic N) is 4. The first-order valence-corrected chi connectivity index (χ1v) is 12.7. The van der Waals surface area contributed by atoms with Gasteiger partial charge in [0.2, 0.25) is 27.6 Å². The molecule has 0 saturated carbocycles. The van der Waals surface area contributed by atoms with Gasteiger partial charge in [-0.1, -0.05) is 50.2 Å². The van der Waals surface area contributed by atoms with Gasteiger partial charge in [-0.2, -0.15) is 9.29 Å². The maximum absolute atomic E-state index is 13.0. The average Bonchev–Trinajstić information content (AvgIpc) is 3.31. The molecule has 10 nitrogen and oxygen atoms in total. The van der Waals surface area contributed by atoms with Crippen LogP contribution in [0.25, 0.3) is 11.4 Å². The Labute approximate surface area is 211 Å². The van der Waals surface area contributed by atoms with Gasteiger partial charge in [-0.3, -0.25) is 4.79 Å². The molecule has 0 aliphatic carbocycles. The number of hydrogen-bond acceptors (Lipinski definition) is 8. The van der Waals surface area contributed by atoms with Gasteiger partial charge in [0.15, 0.2) is 11.5 Å². The second-order valence-electron chi connectivity index (χ2n) is 9.37. The topological polar surface area (TPSA) is 115 Å². The maximum atomic E-state index is 13.0. The standard InChI is InChI=1S/C25H32N4O6S/c1-25(2,3)18-10-8-17(9-11-18)24-26-22(35-27-24)15-28(4)23(30)16-29(5)36(31,32)19-12-13-20(33-6)21(14-19)34-7/h8-14H,15-16H2,1-7H3. The summed E-state index contributed by atoms with van der Waals surface area (Å²) in [4.78, 5) is 18.4. The summed E-state index contributed by atoms with van der Waals surface area (Å²) in [6, 6.07) is 12.2. The lowest BCUT2D eigenvalue weighted by molar-refractivity contribution is -0.130. The van der Waals surface area contributed by atoms with Crippen LogP contribution < -0.4 is 9.47 Å². The van der Waals surface area contributed by atoms with Crippen molar-refractivity contribution in [1.29, 1.82) is 0 Å². The predicted molar refractivity (Wildman–Crippen MR) is 134 cm³/mol. The summed E-state index contributed by atoms with van der Waals surface area (Å²) in [5.74, 6) is 0.899. The molecule has 0 aliphatic rings. The molecule has 0 bridgehead atoms. The smallest absolute Gasteiger partial charge is 0.246 e. The van der Waals surface area contributed by atoms with Crippen LogP contribution in [0.5, 0.6) is 11.5 Å². The van der Waals surface area contributed by atoms with Crippen molar-refractivity contribution in [3.8, 4) is 22.9 Å². The van der Waals surface area contributed by atoms with E-state index >= 15 is 0 Å². The highest BCUT2D eigenvalue weighted by Crippen LogP contribution is 2.30. The van der Waals surface area contributed by atoms with Gasteiger partial charge in [0, 0.05) is 25.7 Å². The van der Waals surface area contributed by atoms with Crippen LogP contribution in [0, 0.1) is 0 Å². The molecule has 0 atom stereocenters. The molecule has 0 saturated heterocycles. The van der Waals surface area contributed by atoms with Crippen molar-refractivity contribution in [2.45, 2.75) is 37.6 Å². The van der Waals surface area contributed by atoms with Gasteiger partial charge in [-0.25, -0.2) is 8.42 Å². The van der Waals surface area contributed by atoms with Crippen molar-refractivity contribution in [2.75, 3.05) is 34.9 Å². The molecule has 0 spiro atoms. The lowest BCUT2D eigenvalue weighted by Gasteiger charge is -2.21. The molecule has 0 radical (unpaired) electrons. The molecule has 2 aromatic carbocycles. The normalized spacial score (nSPS) is 12.0. The number of aromatic nitrogens is 2. The van der Waals surface area contributed by atoms with Crippen LogP contribution in [-0.4, -0.2) is 68.5 Å². The Morgan fingerprint density at radius 2 is 1.64 bits per heavy atom. The Morgan fingerprint density at radius 3 is 2.22 bits per heavy atom. The first-order valence-electron chi connectivity index (χ1n) is 11.2. The zero-order chi connectivity index (χ0) is 26.7. The number of carbonyl (C=O) groups excluding carboxylic acids is 1. The van der Waals surface area contributed by atoms with E-state index in [0.29, 0.717) is 11.6 Å². The predicted octanol–water partition coefficient (Wildman–Crippen LogP) is 3.33. The fraction of sp³-hybridized carbons (Fsp3) is 0.400. The average molecular weight is 517 g/mol. The molecular weight excluding hydrogens is 484 g/mol. The highest BCUT2D eigenvalue weighted by molar-refractivity contribution is 7.89. The molecule has 3 rings (SSSR count). The highest BCUT2D eigenvalue weighted by Gasteiger charge is 2.26. The Balaban J connectivity index is 1.65. The summed E-state index contributed by atoms with van der Waals surface area (Å²) >= 11 is 0. The number of rotatable bonds is 9. The first-order chi connectivity index (χ1) is 16.9. The van der Waals surface area contributed by atoms with E-state index in [-0.39, 0.29) is 35.0 Å². The summed E-state index contributed by atoms with van der Waals surface area (Å²) in [5, 5.41) is 4.01. The molecule has 194 valence electrons. The minimum atomic E-state index is -3.95. The number of carbonyl (C=O) groups is 1. The molecule has 1 amide bonds. The SMILES string of the molecule is COc1ccc(S(=O)(=O)N(C)CC(=O)N(C)Cc2nc(-c3ccc(C(C)(C)C)cc3)no2)cc1OC. The molecule has 3 aromatic rings. The highest BCUT2D eigenvalue weighted by atomic mass is 32.2. The van der Waals surface area contributed by atoms with Gasteiger partial charge < -0.3 is 18.9 Å². The van der Waals surface area contributed by atoms with Crippen LogP contribution in [-0.2, 0) is 26.8 Å². The number of amides is 1. The van der Waals surface area contributed by atoms with Crippen molar-refractivity contribution in [1.82, 2.24) is 19.3 Å². The summed E-state index contributed by atoms with van der Waals surface area (Å²) in [6.45, 7) is 6.08. The van der Waals surface area contributed by atoms with Gasteiger partial charge >= 0.3 is 0 Å². The zero-order valence-corrected chi connectivity index (χ0v) is 22.4. The van der Waals surface area contributed by atoms with Crippen molar-refractivity contribution in [3.63, 3.8) is 0 Å². The minimum absolute atomic E-state index is 0.0166. The van der Waals surface area contributed by atoms with Crippen molar-refractivity contribution in [2.24, 2.45) is 0 Å². The van der Waals surface area contributed by atoms with Crippen LogP contribution in [0.15, 0.2) is 51.9 Å². The molecule has 0 unspecified atom stereocenters. The summed E-state index contributed by atoms with van der Waals surface area (Å²) in [7, 11) is 1.81. The minimum Gasteiger partial charge on any atom is -0.493 e. The molecule has 0 fully saturated rings. The van der Waals surface area contributed by atoms with E-state index in [9.17, 15) is 13.2 Å². The molecule has 0 N–H and O–H groups in total. The largest absolute Gasteiger partial charge is 0.493 e. The van der Waals surface area contributed by atoms with Crippen LogP contribution in [0.2, 0.25) is 0 Å². The lowest BCUT2D eigenvalue weighted by Crippen LogP contribution is -2.39. The number of ether oxygens (including phenoxy) is 2. The monoisotopic (exact) mass is 516 g/mol. The van der Waals surface area contributed by atoms with Crippen molar-refractivity contribution >= 4 is 15.9 Å². The van der Waals surface area contributed by atoms with E-state index in [0.717, 1.165) is 9.87 Å². The van der Waals surface area contributed by atoms with E-state index in [1.54, 1.807) is 7.05 Å². The van der Waals surface area contributed by atoms with E-state index in [4.69, 9.17) is 14.0 Å². The third-order valence-corrected chi connectivity index (χ3v) is 7.50. The van der Waals surface area contributed by atoms with Gasteiger partial charge in [0.1, 0.15) is 0 Å². The quantitative estimate of drug-likeness (QED) is 0.425. The third-order valence-electron chi connectivity index (χ3n) is 5.70. The maximum Gasteiger partial charge on any atom is 0.246 e. The number of sulfonamides is 1. The second-order valence-corrected chi connectivity index (χ2v) is 11.4. The second kappa shape index (κ2) is 10.7. The summed E-state index contributed by atoms with van der Waals surface area (Å²) in [6.07, 6.45) is 0. The number of likely N-dealkylation sites (N-methyl/N-ethyl adjacent to an activating group) is 2. The number of hydrogen-bond donors (Lipinski definition) is 0. The number of benzene rings is 2. The van der Waals surface area contributed by atoms with E-state index < -0.39 is 15.9 Å². The lowest BCUT2D eigenvalue weighted by atomic mass is 9.87. The van der Waals surface area contributed by atoms with Gasteiger partial charge in [-0.05, 0) is 23.1 Å². The Morgan fingerprint density at radius 1 is 1.00 bits per heavy atom. The molecule has 36 heavy (non-hydrogen) atoms. The van der Waals surface area contributed by atoms with Crippen LogP contribution in [0.1, 0.15) is 32.2 Å².